The zero-order valence-corrected chi connectivity index (χ0v) is 7.86. The van der Waals surface area contributed by atoms with E-state index in [-0.39, 0.29) is 12.8 Å². The summed E-state index contributed by atoms with van der Waals surface area (Å²) >= 11 is 0. The van der Waals surface area contributed by atoms with Gasteiger partial charge in [-0.05, 0) is 24.3 Å². The van der Waals surface area contributed by atoms with Gasteiger partial charge in [-0.15, -0.1) is 0 Å². The van der Waals surface area contributed by atoms with Gasteiger partial charge in [-0.25, -0.2) is 0 Å². The first-order valence-electron chi connectivity index (χ1n) is 4.64. The van der Waals surface area contributed by atoms with Crippen molar-refractivity contribution in [3.8, 4) is 11.5 Å². The Hall–Kier alpha value is -1.97. The molecule has 2 aliphatic heterocycles. The van der Waals surface area contributed by atoms with Crippen LogP contribution in [0.15, 0.2) is 24.3 Å². The molecule has 0 spiro atoms. The van der Waals surface area contributed by atoms with Crippen LogP contribution < -0.4 is 9.47 Å². The second-order valence-corrected chi connectivity index (χ2v) is 3.31. The lowest BCUT2D eigenvalue weighted by atomic mass is 10.1. The summed E-state index contributed by atoms with van der Waals surface area (Å²) in [5.74, 6) is 1.79. The van der Waals surface area contributed by atoms with Crippen molar-refractivity contribution >= 4 is 11.7 Å². The predicted molar refractivity (Wildman–Crippen MR) is 51.3 cm³/mol. The molecule has 1 aromatic rings. The van der Waals surface area contributed by atoms with Crippen LogP contribution >= 0.6 is 0 Å². The first-order valence-corrected chi connectivity index (χ1v) is 4.64. The molecule has 1 aromatic carbocycles. The number of carbonyl (C=O) groups is 1. The summed E-state index contributed by atoms with van der Waals surface area (Å²) in [6.45, 7) is 0.248. The molecular formula is C11H8O4. The van der Waals surface area contributed by atoms with Crippen LogP contribution in [-0.4, -0.2) is 12.8 Å². The quantitative estimate of drug-likeness (QED) is 0.653. The predicted octanol–water partition coefficient (Wildman–Crippen LogP) is 1.70. The van der Waals surface area contributed by atoms with Gasteiger partial charge in [0.15, 0.2) is 11.5 Å². The van der Waals surface area contributed by atoms with E-state index in [2.05, 4.69) is 0 Å². The summed E-state index contributed by atoms with van der Waals surface area (Å²) in [6, 6.07) is 5.47. The Kier molecular flexibility index (Phi) is 1.68. The number of rotatable bonds is 1. The maximum absolute atomic E-state index is 10.9. The molecule has 76 valence electrons. The zero-order chi connectivity index (χ0) is 10.3. The zero-order valence-electron chi connectivity index (χ0n) is 7.86. The van der Waals surface area contributed by atoms with E-state index in [4.69, 9.17) is 14.2 Å². The smallest absolute Gasteiger partial charge is 0.315 e. The summed E-state index contributed by atoms with van der Waals surface area (Å²) < 4.78 is 15.5. The van der Waals surface area contributed by atoms with Gasteiger partial charge in [0.2, 0.25) is 6.79 Å². The van der Waals surface area contributed by atoms with Crippen molar-refractivity contribution < 1.29 is 19.0 Å². The number of benzene rings is 1. The molecule has 0 aromatic heterocycles. The molecule has 2 aliphatic rings. The minimum Gasteiger partial charge on any atom is -0.454 e. The lowest BCUT2D eigenvalue weighted by Crippen LogP contribution is -1.93. The summed E-state index contributed by atoms with van der Waals surface area (Å²) in [5.41, 5.74) is 0.838. The third-order valence-corrected chi connectivity index (χ3v) is 2.34. The molecule has 0 radical (unpaired) electrons. The summed E-state index contributed by atoms with van der Waals surface area (Å²) in [7, 11) is 0. The van der Waals surface area contributed by atoms with Crippen molar-refractivity contribution in [2.24, 2.45) is 0 Å². The van der Waals surface area contributed by atoms with Crippen LogP contribution in [0.5, 0.6) is 11.5 Å². The van der Waals surface area contributed by atoms with Crippen molar-refractivity contribution in [2.75, 3.05) is 6.79 Å². The van der Waals surface area contributed by atoms with Gasteiger partial charge in [0, 0.05) is 5.56 Å². The maximum atomic E-state index is 10.9. The number of hydrogen-bond donors (Lipinski definition) is 0. The van der Waals surface area contributed by atoms with Gasteiger partial charge in [-0.2, -0.15) is 0 Å². The normalized spacial score (nSPS) is 17.6. The molecule has 15 heavy (non-hydrogen) atoms. The minimum absolute atomic E-state index is 0.220. The van der Waals surface area contributed by atoms with Crippen LogP contribution in [0.1, 0.15) is 12.0 Å². The van der Waals surface area contributed by atoms with E-state index in [1.807, 2.05) is 18.2 Å². The molecular weight excluding hydrogens is 196 g/mol. The SMILES string of the molecule is O=C1CC=C(c2ccc3c(c2)OCO3)O1. The maximum Gasteiger partial charge on any atom is 0.315 e. The number of carbonyl (C=O) groups excluding carboxylic acids is 1. The molecule has 0 atom stereocenters. The van der Waals surface area contributed by atoms with Crippen LogP contribution in [-0.2, 0) is 9.53 Å². The van der Waals surface area contributed by atoms with Crippen LogP contribution in [0.2, 0.25) is 0 Å². The Labute approximate surface area is 86.1 Å². The molecule has 2 heterocycles. The minimum atomic E-state index is -0.220. The Bertz CT molecular complexity index is 462. The largest absolute Gasteiger partial charge is 0.454 e. The van der Waals surface area contributed by atoms with E-state index in [9.17, 15) is 4.79 Å². The second-order valence-electron chi connectivity index (χ2n) is 3.31. The lowest BCUT2D eigenvalue weighted by Gasteiger charge is -2.03. The molecule has 4 heteroatoms. The van der Waals surface area contributed by atoms with Crippen molar-refractivity contribution in [3.63, 3.8) is 0 Å². The fraction of sp³-hybridized carbons (Fsp3) is 0.182. The first kappa shape index (κ1) is 8.35. The molecule has 0 unspecified atom stereocenters. The van der Waals surface area contributed by atoms with E-state index in [1.165, 1.54) is 0 Å². The Balaban J connectivity index is 1.96. The van der Waals surface area contributed by atoms with Crippen LogP contribution in [0, 0.1) is 0 Å². The average molecular weight is 204 g/mol. The highest BCUT2D eigenvalue weighted by atomic mass is 16.7. The molecule has 0 amide bonds. The molecule has 0 N–H and O–H groups in total. The van der Waals surface area contributed by atoms with E-state index in [0.29, 0.717) is 17.9 Å². The van der Waals surface area contributed by atoms with Crippen LogP contribution in [0.4, 0.5) is 0 Å². The van der Waals surface area contributed by atoms with E-state index < -0.39 is 0 Å². The summed E-state index contributed by atoms with van der Waals surface area (Å²) in [4.78, 5) is 10.9. The standard InChI is InChI=1S/C11H8O4/c12-11-4-3-8(15-11)7-1-2-9-10(5-7)14-6-13-9/h1-3,5H,4,6H2. The third-order valence-electron chi connectivity index (χ3n) is 2.34. The van der Waals surface area contributed by atoms with Crippen molar-refractivity contribution in [1.82, 2.24) is 0 Å². The van der Waals surface area contributed by atoms with Gasteiger partial charge in [-0.1, -0.05) is 0 Å². The highest BCUT2D eigenvalue weighted by molar-refractivity contribution is 5.85. The van der Waals surface area contributed by atoms with Crippen LogP contribution in [0.25, 0.3) is 5.76 Å². The number of fused-ring (bicyclic) bond motifs is 1. The molecule has 4 nitrogen and oxygen atoms in total. The third kappa shape index (κ3) is 1.34. The molecule has 0 saturated carbocycles. The molecule has 0 saturated heterocycles. The number of cyclic esters (lactones) is 1. The molecule has 0 bridgehead atoms. The van der Waals surface area contributed by atoms with E-state index >= 15 is 0 Å². The summed E-state index contributed by atoms with van der Waals surface area (Å²) in [6.07, 6.45) is 2.10. The molecule has 0 aliphatic carbocycles. The highest BCUT2D eigenvalue weighted by Gasteiger charge is 2.19. The van der Waals surface area contributed by atoms with Gasteiger partial charge < -0.3 is 14.2 Å². The summed E-state index contributed by atoms with van der Waals surface area (Å²) in [5, 5.41) is 0. The fourth-order valence-corrected chi connectivity index (χ4v) is 1.61. The van der Waals surface area contributed by atoms with Gasteiger partial charge in [0.25, 0.3) is 0 Å². The Morgan fingerprint density at radius 2 is 2.00 bits per heavy atom. The van der Waals surface area contributed by atoms with E-state index in [1.54, 1.807) is 6.08 Å². The van der Waals surface area contributed by atoms with Crippen LogP contribution in [0.3, 0.4) is 0 Å². The molecule has 3 rings (SSSR count). The first-order chi connectivity index (χ1) is 7.33. The Morgan fingerprint density at radius 3 is 2.80 bits per heavy atom. The van der Waals surface area contributed by atoms with Crippen molar-refractivity contribution in [3.05, 3.63) is 29.8 Å². The van der Waals surface area contributed by atoms with Gasteiger partial charge in [0.1, 0.15) is 5.76 Å². The molecule has 0 fully saturated rings. The van der Waals surface area contributed by atoms with Gasteiger partial charge >= 0.3 is 5.97 Å². The van der Waals surface area contributed by atoms with Crippen molar-refractivity contribution in [1.29, 1.82) is 0 Å². The average Bonchev–Trinajstić information content (AvgIpc) is 2.84. The monoisotopic (exact) mass is 204 g/mol. The fourth-order valence-electron chi connectivity index (χ4n) is 1.61. The van der Waals surface area contributed by atoms with Crippen molar-refractivity contribution in [2.45, 2.75) is 6.42 Å². The lowest BCUT2D eigenvalue weighted by molar-refractivity contribution is -0.134. The van der Waals surface area contributed by atoms with Gasteiger partial charge in [0.05, 0.1) is 6.42 Å². The van der Waals surface area contributed by atoms with Gasteiger partial charge in [-0.3, -0.25) is 4.79 Å². The van der Waals surface area contributed by atoms with E-state index in [0.717, 1.165) is 11.3 Å². The number of esters is 1. The highest BCUT2D eigenvalue weighted by Crippen LogP contribution is 2.35. The number of hydrogen-bond acceptors (Lipinski definition) is 4. The number of ether oxygens (including phenoxy) is 3. The topological polar surface area (TPSA) is 44.8 Å². The second kappa shape index (κ2) is 3.02. The Morgan fingerprint density at radius 1 is 1.13 bits per heavy atom.